The van der Waals surface area contributed by atoms with Crippen LogP contribution in [0, 0.1) is 11.6 Å². The lowest BCUT2D eigenvalue weighted by Gasteiger charge is -2.11. The summed E-state index contributed by atoms with van der Waals surface area (Å²) in [5, 5.41) is 2.05. The van der Waals surface area contributed by atoms with E-state index in [-0.39, 0.29) is 23.2 Å². The number of rotatable bonds is 6. The third-order valence-corrected chi connectivity index (χ3v) is 4.75. The van der Waals surface area contributed by atoms with Crippen LogP contribution in [0.4, 0.5) is 14.6 Å². The molecule has 0 aliphatic heterocycles. The second-order valence-electron chi connectivity index (χ2n) is 4.67. The Morgan fingerprint density at radius 1 is 1.21 bits per heavy atom. The normalized spacial score (nSPS) is 10.6. The number of anilines is 1. The van der Waals surface area contributed by atoms with Gasteiger partial charge in [-0.1, -0.05) is 29.8 Å². The van der Waals surface area contributed by atoms with Crippen LogP contribution in [0.15, 0.2) is 52.2 Å². The topological polar surface area (TPSA) is 34.1 Å². The highest BCUT2D eigenvalue weighted by atomic mass is 35.5. The van der Waals surface area contributed by atoms with Gasteiger partial charge in [-0.05, 0) is 24.1 Å². The van der Waals surface area contributed by atoms with Gasteiger partial charge in [0.05, 0.1) is 15.4 Å². The lowest BCUT2D eigenvalue weighted by molar-refractivity contribution is 0.298. The Labute approximate surface area is 150 Å². The number of aromatic nitrogens is 1. The van der Waals surface area contributed by atoms with E-state index in [4.69, 9.17) is 16.3 Å². The molecule has 3 nitrogen and oxygen atoms in total. The second-order valence-corrected chi connectivity index (χ2v) is 6.64. The molecule has 0 saturated heterocycles. The fraction of sp³-hybridized carbons (Fsp3) is 0.0625. The van der Waals surface area contributed by atoms with E-state index in [2.05, 4.69) is 9.71 Å². The molecule has 3 rings (SSSR count). The summed E-state index contributed by atoms with van der Waals surface area (Å²) in [6.07, 6.45) is 0. The third-order valence-electron chi connectivity index (χ3n) is 3.03. The van der Waals surface area contributed by atoms with Gasteiger partial charge >= 0.3 is 0 Å². The van der Waals surface area contributed by atoms with Crippen LogP contribution >= 0.6 is 34.9 Å². The smallest absolute Gasteiger partial charge is 0.147 e. The minimum atomic E-state index is -0.490. The Balaban J connectivity index is 1.69. The fourth-order valence-corrected chi connectivity index (χ4v) is 3.34. The van der Waals surface area contributed by atoms with Crippen LogP contribution in [0.25, 0.3) is 0 Å². The molecule has 0 fully saturated rings. The first-order valence-corrected chi connectivity index (χ1v) is 8.93. The van der Waals surface area contributed by atoms with Crippen molar-refractivity contribution >= 4 is 40.7 Å². The second kappa shape index (κ2) is 7.83. The molecule has 0 amide bonds. The Kier molecular flexibility index (Phi) is 5.55. The number of nitrogens with one attached hydrogen (secondary N) is 1. The summed E-state index contributed by atoms with van der Waals surface area (Å²) in [6.45, 7) is -0.0323. The molecule has 0 radical (unpaired) electrons. The van der Waals surface area contributed by atoms with Crippen molar-refractivity contribution in [3.05, 3.63) is 69.5 Å². The van der Waals surface area contributed by atoms with Gasteiger partial charge in [0.1, 0.15) is 29.8 Å². The zero-order valence-corrected chi connectivity index (χ0v) is 14.5. The summed E-state index contributed by atoms with van der Waals surface area (Å²) in [5.74, 6) is -0.0692. The predicted octanol–water partition coefficient (Wildman–Crippen LogP) is 5.77. The van der Waals surface area contributed by atoms with E-state index < -0.39 is 5.82 Å². The van der Waals surface area contributed by atoms with Crippen molar-refractivity contribution in [2.75, 3.05) is 4.72 Å². The summed E-state index contributed by atoms with van der Waals surface area (Å²) >= 11 is 8.62. The lowest BCUT2D eigenvalue weighted by atomic mass is 10.2. The molecule has 124 valence electrons. The van der Waals surface area contributed by atoms with E-state index in [1.165, 1.54) is 29.5 Å². The van der Waals surface area contributed by atoms with E-state index >= 15 is 0 Å². The number of halogens is 3. The number of ether oxygens (including phenoxy) is 1. The predicted molar refractivity (Wildman–Crippen MR) is 93.7 cm³/mol. The van der Waals surface area contributed by atoms with E-state index in [1.807, 2.05) is 0 Å². The molecule has 0 atom stereocenters. The molecule has 24 heavy (non-hydrogen) atoms. The zero-order valence-electron chi connectivity index (χ0n) is 12.1. The summed E-state index contributed by atoms with van der Waals surface area (Å²) in [7, 11) is 0. The van der Waals surface area contributed by atoms with Crippen molar-refractivity contribution in [2.24, 2.45) is 0 Å². The molecule has 0 bridgehead atoms. The Morgan fingerprint density at radius 3 is 2.79 bits per heavy atom. The lowest BCUT2D eigenvalue weighted by Crippen LogP contribution is -2.00. The molecule has 0 aliphatic carbocycles. The van der Waals surface area contributed by atoms with Crippen LogP contribution in [-0.2, 0) is 6.61 Å². The summed E-state index contributed by atoms with van der Waals surface area (Å²) in [4.78, 5) is 4.35. The molecule has 1 N–H and O–H groups in total. The first kappa shape index (κ1) is 17.0. The van der Waals surface area contributed by atoms with Crippen molar-refractivity contribution in [1.82, 2.24) is 4.98 Å². The highest BCUT2D eigenvalue weighted by Crippen LogP contribution is 2.33. The summed E-state index contributed by atoms with van der Waals surface area (Å²) in [6, 6.07) is 8.87. The van der Waals surface area contributed by atoms with Crippen molar-refractivity contribution in [2.45, 2.75) is 11.5 Å². The van der Waals surface area contributed by atoms with Crippen LogP contribution in [0.5, 0.6) is 5.75 Å². The maximum absolute atomic E-state index is 14.2. The molecular formula is C16H11ClF2N2OS2. The Bertz CT molecular complexity index is 831. The Morgan fingerprint density at radius 2 is 2.04 bits per heavy atom. The van der Waals surface area contributed by atoms with Gasteiger partial charge in [0.15, 0.2) is 0 Å². The summed E-state index contributed by atoms with van der Waals surface area (Å²) < 4.78 is 36.1. The van der Waals surface area contributed by atoms with Gasteiger partial charge in [0, 0.05) is 17.0 Å². The van der Waals surface area contributed by atoms with Crippen LogP contribution in [0.2, 0.25) is 5.02 Å². The highest BCUT2D eigenvalue weighted by molar-refractivity contribution is 8.00. The van der Waals surface area contributed by atoms with Gasteiger partial charge in [-0.15, -0.1) is 11.3 Å². The standard InChI is InChI=1S/C16H11ClF2N2OS2/c17-11-5-15(24-21-16-8-23-9-20-16)13(19)6-14(11)22-7-10-3-1-2-4-12(10)18/h1-6,8-9,21H,7H2. The molecule has 1 aromatic heterocycles. The quantitative estimate of drug-likeness (QED) is 0.547. The fourth-order valence-electron chi connectivity index (χ4n) is 1.84. The van der Waals surface area contributed by atoms with E-state index in [9.17, 15) is 8.78 Å². The first-order chi connectivity index (χ1) is 11.6. The van der Waals surface area contributed by atoms with Gasteiger partial charge in [-0.2, -0.15) is 0 Å². The van der Waals surface area contributed by atoms with E-state index in [0.29, 0.717) is 16.3 Å². The van der Waals surface area contributed by atoms with E-state index in [0.717, 1.165) is 11.9 Å². The van der Waals surface area contributed by atoms with Gasteiger partial charge in [0.25, 0.3) is 0 Å². The maximum atomic E-state index is 14.2. The molecule has 0 spiro atoms. The molecular weight excluding hydrogens is 374 g/mol. The largest absolute Gasteiger partial charge is 0.487 e. The average molecular weight is 385 g/mol. The SMILES string of the molecule is Fc1ccccc1COc1cc(F)c(SNc2cscn2)cc1Cl. The minimum absolute atomic E-state index is 0.0323. The monoisotopic (exact) mass is 384 g/mol. The molecule has 0 aliphatic rings. The van der Waals surface area contributed by atoms with Gasteiger partial charge < -0.3 is 9.46 Å². The van der Waals surface area contributed by atoms with Crippen LogP contribution in [0.3, 0.4) is 0 Å². The molecule has 0 saturated carbocycles. The number of hydrogen-bond donors (Lipinski definition) is 1. The van der Waals surface area contributed by atoms with Crippen LogP contribution in [-0.4, -0.2) is 4.98 Å². The van der Waals surface area contributed by atoms with Crippen LogP contribution < -0.4 is 9.46 Å². The highest BCUT2D eigenvalue weighted by Gasteiger charge is 2.12. The van der Waals surface area contributed by atoms with E-state index in [1.54, 1.807) is 29.1 Å². The number of benzene rings is 2. The van der Waals surface area contributed by atoms with Gasteiger partial charge in [-0.3, -0.25) is 0 Å². The molecule has 0 unspecified atom stereocenters. The number of nitrogens with zero attached hydrogens (tertiary/aromatic N) is 1. The van der Waals surface area contributed by atoms with Crippen molar-refractivity contribution in [1.29, 1.82) is 0 Å². The minimum Gasteiger partial charge on any atom is -0.487 e. The van der Waals surface area contributed by atoms with Crippen molar-refractivity contribution < 1.29 is 13.5 Å². The molecule has 8 heteroatoms. The van der Waals surface area contributed by atoms with Crippen molar-refractivity contribution in [3.63, 3.8) is 0 Å². The molecule has 3 aromatic rings. The maximum Gasteiger partial charge on any atom is 0.147 e. The zero-order chi connectivity index (χ0) is 16.9. The summed E-state index contributed by atoms with van der Waals surface area (Å²) in [5.41, 5.74) is 2.05. The molecule has 2 aromatic carbocycles. The number of thiazole rings is 1. The van der Waals surface area contributed by atoms with Crippen molar-refractivity contribution in [3.8, 4) is 5.75 Å². The van der Waals surface area contributed by atoms with Gasteiger partial charge in [-0.25, -0.2) is 13.8 Å². The van der Waals surface area contributed by atoms with Crippen LogP contribution in [0.1, 0.15) is 5.56 Å². The molecule has 1 heterocycles. The van der Waals surface area contributed by atoms with Gasteiger partial charge in [0.2, 0.25) is 0 Å². The number of hydrogen-bond acceptors (Lipinski definition) is 5. The Hall–Kier alpha value is -1.83. The third kappa shape index (κ3) is 4.17. The first-order valence-electron chi connectivity index (χ1n) is 6.80. The average Bonchev–Trinajstić information content (AvgIpc) is 3.09.